The summed E-state index contributed by atoms with van der Waals surface area (Å²) in [5.41, 5.74) is 2.42. The van der Waals surface area contributed by atoms with Crippen LogP contribution in [0.3, 0.4) is 0 Å². The van der Waals surface area contributed by atoms with Crippen molar-refractivity contribution in [1.29, 1.82) is 0 Å². The topological polar surface area (TPSA) is 60.7 Å². The van der Waals surface area contributed by atoms with Gasteiger partial charge < -0.3 is 4.74 Å². The summed E-state index contributed by atoms with van der Waals surface area (Å²) in [5, 5.41) is 0. The predicted octanol–water partition coefficient (Wildman–Crippen LogP) is 2.38. The van der Waals surface area contributed by atoms with Gasteiger partial charge in [0.25, 0.3) is 5.56 Å². The van der Waals surface area contributed by atoms with E-state index in [0.29, 0.717) is 15.2 Å². The van der Waals surface area contributed by atoms with E-state index < -0.39 is 0 Å². The van der Waals surface area contributed by atoms with Gasteiger partial charge in [0.05, 0.1) is 15.6 Å². The van der Waals surface area contributed by atoms with Crippen LogP contribution in [0, 0.1) is 0 Å². The molecule has 4 rings (SSSR count). The molecule has 0 aliphatic heterocycles. The first-order valence-electron chi connectivity index (χ1n) is 7.32. The number of hydrogen-bond acceptors (Lipinski definition) is 5. The van der Waals surface area contributed by atoms with Gasteiger partial charge in [0, 0.05) is 6.92 Å². The minimum absolute atomic E-state index is 0.0761. The van der Waals surface area contributed by atoms with Crippen molar-refractivity contribution in [3.63, 3.8) is 0 Å². The fraction of sp³-hybridized carbons (Fsp3) is 0.0556. The number of ether oxygens (including phenoxy) is 1. The molecule has 0 amide bonds. The van der Waals surface area contributed by atoms with E-state index in [1.165, 1.54) is 18.3 Å². The van der Waals surface area contributed by atoms with Crippen LogP contribution >= 0.6 is 11.3 Å². The number of rotatable bonds is 2. The largest absolute Gasteiger partial charge is 0.427 e. The monoisotopic (exact) mass is 336 g/mol. The van der Waals surface area contributed by atoms with E-state index >= 15 is 0 Å². The van der Waals surface area contributed by atoms with Gasteiger partial charge in [-0.2, -0.15) is 0 Å². The lowest BCUT2D eigenvalue weighted by Gasteiger charge is -2.00. The Morgan fingerprint density at radius 3 is 2.67 bits per heavy atom. The molecule has 2 aromatic heterocycles. The summed E-state index contributed by atoms with van der Waals surface area (Å²) >= 11 is 1.36. The summed E-state index contributed by atoms with van der Waals surface area (Å²) in [5.74, 6) is 0.119. The van der Waals surface area contributed by atoms with Gasteiger partial charge in [0.1, 0.15) is 5.75 Å². The first-order chi connectivity index (χ1) is 11.6. The van der Waals surface area contributed by atoms with Crippen molar-refractivity contribution >= 4 is 39.4 Å². The molecular weight excluding hydrogens is 324 g/mol. The minimum Gasteiger partial charge on any atom is -0.427 e. The fourth-order valence-corrected chi connectivity index (χ4v) is 3.55. The fourth-order valence-electron chi connectivity index (χ4n) is 2.56. The Bertz CT molecular complexity index is 1170. The Morgan fingerprint density at radius 1 is 1.17 bits per heavy atom. The van der Waals surface area contributed by atoms with Gasteiger partial charge in [0.15, 0.2) is 4.96 Å². The van der Waals surface area contributed by atoms with Gasteiger partial charge in [-0.3, -0.25) is 9.59 Å². The normalized spacial score (nSPS) is 12.1. The van der Waals surface area contributed by atoms with Crippen LogP contribution in [0.4, 0.5) is 0 Å². The molecule has 0 aliphatic rings. The molecule has 5 nitrogen and oxygen atoms in total. The Kier molecular flexibility index (Phi) is 3.39. The molecule has 118 valence electrons. The number of carbonyl (C=O) groups is 1. The second-order valence-corrected chi connectivity index (χ2v) is 6.31. The maximum atomic E-state index is 12.7. The van der Waals surface area contributed by atoms with E-state index in [1.54, 1.807) is 28.7 Å². The highest BCUT2D eigenvalue weighted by atomic mass is 32.1. The average Bonchev–Trinajstić information content (AvgIpc) is 3.06. The van der Waals surface area contributed by atoms with Crippen molar-refractivity contribution in [2.24, 2.45) is 0 Å². The van der Waals surface area contributed by atoms with Crippen LogP contribution in [0.2, 0.25) is 0 Å². The summed E-state index contributed by atoms with van der Waals surface area (Å²) in [6, 6.07) is 14.6. The highest BCUT2D eigenvalue weighted by Crippen LogP contribution is 2.16. The van der Waals surface area contributed by atoms with Crippen LogP contribution < -0.4 is 14.8 Å². The molecule has 24 heavy (non-hydrogen) atoms. The van der Waals surface area contributed by atoms with E-state index in [2.05, 4.69) is 4.98 Å². The van der Waals surface area contributed by atoms with Crippen LogP contribution in [0.25, 0.3) is 22.1 Å². The predicted molar refractivity (Wildman–Crippen MR) is 93.4 cm³/mol. The van der Waals surface area contributed by atoms with Crippen LogP contribution in [0.1, 0.15) is 12.5 Å². The zero-order valence-corrected chi connectivity index (χ0v) is 13.5. The molecule has 2 aromatic carbocycles. The van der Waals surface area contributed by atoms with Crippen molar-refractivity contribution in [2.45, 2.75) is 6.92 Å². The zero-order chi connectivity index (χ0) is 16.7. The molecule has 0 bridgehead atoms. The number of para-hydroxylation sites is 2. The second kappa shape index (κ2) is 5.58. The van der Waals surface area contributed by atoms with Gasteiger partial charge in [-0.25, -0.2) is 9.38 Å². The molecule has 0 spiro atoms. The SMILES string of the molecule is CC(=O)Oc1ccc(C=c2sc3nc4ccccc4n3c2=O)cc1. The number of aromatic nitrogens is 2. The lowest BCUT2D eigenvalue weighted by Crippen LogP contribution is -2.22. The molecule has 0 N–H and O–H groups in total. The number of imidazole rings is 1. The third kappa shape index (κ3) is 2.47. The number of esters is 1. The van der Waals surface area contributed by atoms with E-state index in [-0.39, 0.29) is 11.5 Å². The van der Waals surface area contributed by atoms with Gasteiger partial charge in [0.2, 0.25) is 0 Å². The molecule has 4 aromatic rings. The number of fused-ring (bicyclic) bond motifs is 3. The Labute approximate surface area is 140 Å². The summed E-state index contributed by atoms with van der Waals surface area (Å²) < 4.78 is 7.25. The number of thiazole rings is 1. The molecule has 0 saturated carbocycles. The number of nitrogens with zero attached hydrogens (tertiary/aromatic N) is 2. The standard InChI is InChI=1S/C18H12N2O3S/c1-11(21)23-13-8-6-12(7-9-13)10-16-17(22)20-15-5-3-2-4-14(15)19-18(20)24-16/h2-10H,1H3. The average molecular weight is 336 g/mol. The molecule has 0 aliphatic carbocycles. The summed E-state index contributed by atoms with van der Waals surface area (Å²) in [6.45, 7) is 1.36. The molecule has 0 radical (unpaired) electrons. The Morgan fingerprint density at radius 2 is 1.92 bits per heavy atom. The van der Waals surface area contributed by atoms with Crippen LogP contribution in [-0.4, -0.2) is 15.4 Å². The number of benzene rings is 2. The van der Waals surface area contributed by atoms with E-state index in [1.807, 2.05) is 30.3 Å². The van der Waals surface area contributed by atoms with Crippen molar-refractivity contribution in [3.8, 4) is 5.75 Å². The van der Waals surface area contributed by atoms with Gasteiger partial charge in [-0.15, -0.1) is 0 Å². The van der Waals surface area contributed by atoms with Crippen LogP contribution in [-0.2, 0) is 4.79 Å². The molecule has 0 fully saturated rings. The number of hydrogen-bond donors (Lipinski definition) is 0. The molecule has 2 heterocycles. The summed E-state index contributed by atoms with van der Waals surface area (Å²) in [7, 11) is 0. The first kappa shape index (κ1) is 14.6. The molecule has 0 unspecified atom stereocenters. The van der Waals surface area contributed by atoms with Crippen LogP contribution in [0.5, 0.6) is 5.75 Å². The maximum Gasteiger partial charge on any atom is 0.308 e. The first-order valence-corrected chi connectivity index (χ1v) is 8.14. The van der Waals surface area contributed by atoms with Crippen molar-refractivity contribution in [3.05, 3.63) is 69.0 Å². The second-order valence-electron chi connectivity index (χ2n) is 5.30. The molecule has 0 saturated heterocycles. The van der Waals surface area contributed by atoms with Gasteiger partial charge >= 0.3 is 5.97 Å². The molecular formula is C18H12N2O3S. The molecule has 6 heteroatoms. The quantitative estimate of drug-likeness (QED) is 0.416. The highest BCUT2D eigenvalue weighted by molar-refractivity contribution is 7.15. The third-order valence-corrected chi connectivity index (χ3v) is 4.55. The lowest BCUT2D eigenvalue weighted by atomic mass is 10.2. The van der Waals surface area contributed by atoms with E-state index in [0.717, 1.165) is 16.6 Å². The third-order valence-electron chi connectivity index (χ3n) is 3.58. The van der Waals surface area contributed by atoms with E-state index in [4.69, 9.17) is 4.74 Å². The zero-order valence-electron chi connectivity index (χ0n) is 12.7. The summed E-state index contributed by atoms with van der Waals surface area (Å²) in [6.07, 6.45) is 1.81. The highest BCUT2D eigenvalue weighted by Gasteiger charge is 2.10. The lowest BCUT2D eigenvalue weighted by molar-refractivity contribution is -0.131. The van der Waals surface area contributed by atoms with Crippen molar-refractivity contribution < 1.29 is 9.53 Å². The van der Waals surface area contributed by atoms with Crippen molar-refractivity contribution in [2.75, 3.05) is 0 Å². The maximum absolute atomic E-state index is 12.7. The Hall–Kier alpha value is -2.99. The Balaban J connectivity index is 1.81. The van der Waals surface area contributed by atoms with Crippen molar-refractivity contribution in [1.82, 2.24) is 9.38 Å². The smallest absolute Gasteiger partial charge is 0.308 e. The summed E-state index contributed by atoms with van der Waals surface area (Å²) in [4.78, 5) is 28.8. The van der Waals surface area contributed by atoms with Gasteiger partial charge in [-0.1, -0.05) is 35.6 Å². The number of carbonyl (C=O) groups excluding carboxylic acids is 1. The molecule has 0 atom stereocenters. The minimum atomic E-state index is -0.361. The van der Waals surface area contributed by atoms with Gasteiger partial charge in [-0.05, 0) is 35.9 Å². The van der Waals surface area contributed by atoms with E-state index in [9.17, 15) is 9.59 Å². The van der Waals surface area contributed by atoms with Crippen LogP contribution in [0.15, 0.2) is 53.3 Å².